The number of rotatable bonds is 5. The molecule has 4 nitrogen and oxygen atoms in total. The van der Waals surface area contributed by atoms with E-state index in [1.165, 1.54) is 77.0 Å². The Morgan fingerprint density at radius 2 is 0.968 bits per heavy atom. The molecule has 3 aromatic heterocycles. The van der Waals surface area contributed by atoms with Crippen molar-refractivity contribution >= 4 is 54.5 Å². The minimum atomic E-state index is -0.268. The Labute approximate surface area is 365 Å². The molecule has 0 fully saturated rings. The molecule has 0 saturated heterocycles. The summed E-state index contributed by atoms with van der Waals surface area (Å²) in [4.78, 5) is 10.6. The molecular formula is C59H40N4. The third kappa shape index (κ3) is 5.15. The molecule has 12 aromatic rings. The van der Waals surface area contributed by atoms with Gasteiger partial charge in [-0.25, -0.2) is 9.97 Å². The summed E-state index contributed by atoms with van der Waals surface area (Å²) >= 11 is 0. The fraction of sp³-hybridized carbons (Fsp3) is 0.0508. The zero-order valence-electron chi connectivity index (χ0n) is 34.9. The Balaban J connectivity index is 1.17. The van der Waals surface area contributed by atoms with Crippen molar-refractivity contribution < 1.29 is 0 Å². The standard InChI is InChI=1S/C59H40N4/c1-59(2)47-27-15-12-24-43(47)51-54(59)52-44-25-13-16-28-49(44)63(57(52)53-45-26-14-17-29-50(45)62(56(51)53)41-22-10-5-11-23-41)42-34-35-48-46(36-42)55(61-58(60-48)40-20-8-4-9-21-40)39-32-30-38(31-33-39)37-18-6-3-7-19-37/h3-36H,1-2H3. The van der Waals surface area contributed by atoms with Crippen molar-refractivity contribution in [3.8, 4) is 56.3 Å². The van der Waals surface area contributed by atoms with Gasteiger partial charge >= 0.3 is 0 Å². The molecule has 296 valence electrons. The summed E-state index contributed by atoms with van der Waals surface area (Å²) < 4.78 is 5.04. The summed E-state index contributed by atoms with van der Waals surface area (Å²) in [6.45, 7) is 4.83. The van der Waals surface area contributed by atoms with Crippen LogP contribution in [0.1, 0.15) is 25.0 Å². The Bertz CT molecular complexity index is 3780. The Kier molecular flexibility index (Phi) is 7.62. The van der Waals surface area contributed by atoms with Crippen molar-refractivity contribution in [1.82, 2.24) is 19.1 Å². The Morgan fingerprint density at radius 1 is 0.413 bits per heavy atom. The van der Waals surface area contributed by atoms with E-state index < -0.39 is 0 Å². The quantitative estimate of drug-likeness (QED) is 0.174. The van der Waals surface area contributed by atoms with E-state index in [2.05, 4.69) is 223 Å². The van der Waals surface area contributed by atoms with Crippen LogP contribution in [0, 0.1) is 0 Å². The van der Waals surface area contributed by atoms with Gasteiger partial charge in [-0.1, -0.05) is 178 Å². The third-order valence-electron chi connectivity index (χ3n) is 13.5. The van der Waals surface area contributed by atoms with Crippen molar-refractivity contribution in [3.63, 3.8) is 0 Å². The van der Waals surface area contributed by atoms with Crippen LogP contribution in [0.25, 0.3) is 111 Å². The molecule has 0 N–H and O–H groups in total. The number of para-hydroxylation sites is 3. The van der Waals surface area contributed by atoms with Gasteiger partial charge in [-0.3, -0.25) is 0 Å². The molecule has 3 heterocycles. The van der Waals surface area contributed by atoms with E-state index in [-0.39, 0.29) is 5.41 Å². The predicted molar refractivity (Wildman–Crippen MR) is 262 cm³/mol. The number of nitrogens with zero attached hydrogens (tertiary/aromatic N) is 4. The SMILES string of the molecule is CC1(C)c2ccccc2-c2c1c1c3ccccc3n(-c3ccc4nc(-c5ccccc5)nc(-c5ccc(-c6ccccc6)cc5)c4c3)c1c1c3ccccc3n(-c3ccccc3)c21. The molecule has 0 spiro atoms. The average molecular weight is 805 g/mol. The lowest BCUT2D eigenvalue weighted by Gasteiger charge is -2.23. The molecule has 1 aliphatic carbocycles. The molecule has 1 aliphatic rings. The summed E-state index contributed by atoms with van der Waals surface area (Å²) in [5, 5.41) is 6.03. The van der Waals surface area contributed by atoms with Crippen LogP contribution in [0.3, 0.4) is 0 Å². The highest BCUT2D eigenvalue weighted by Gasteiger charge is 2.41. The lowest BCUT2D eigenvalue weighted by molar-refractivity contribution is 0.667. The fourth-order valence-electron chi connectivity index (χ4n) is 10.7. The summed E-state index contributed by atoms with van der Waals surface area (Å²) in [6.07, 6.45) is 0. The first kappa shape index (κ1) is 35.7. The molecule has 4 heteroatoms. The van der Waals surface area contributed by atoms with Gasteiger partial charge in [-0.05, 0) is 70.3 Å². The highest BCUT2D eigenvalue weighted by molar-refractivity contribution is 6.31. The first-order valence-corrected chi connectivity index (χ1v) is 21.8. The van der Waals surface area contributed by atoms with Gasteiger partial charge in [0.2, 0.25) is 0 Å². The van der Waals surface area contributed by atoms with Gasteiger partial charge in [0.25, 0.3) is 0 Å². The van der Waals surface area contributed by atoms with E-state index in [0.717, 1.165) is 39.1 Å². The normalized spacial score (nSPS) is 13.0. The molecule has 0 saturated carbocycles. The second kappa shape index (κ2) is 13.5. The zero-order valence-corrected chi connectivity index (χ0v) is 34.9. The Hall–Kier alpha value is -8.08. The maximum atomic E-state index is 5.38. The second-order valence-corrected chi connectivity index (χ2v) is 17.3. The lowest BCUT2D eigenvalue weighted by Crippen LogP contribution is -2.15. The monoisotopic (exact) mass is 804 g/mol. The molecule has 0 aliphatic heterocycles. The van der Waals surface area contributed by atoms with E-state index in [4.69, 9.17) is 9.97 Å². The second-order valence-electron chi connectivity index (χ2n) is 17.3. The van der Waals surface area contributed by atoms with Gasteiger partial charge in [0.05, 0.1) is 33.3 Å². The minimum Gasteiger partial charge on any atom is -0.309 e. The lowest BCUT2D eigenvalue weighted by atomic mass is 9.80. The van der Waals surface area contributed by atoms with Gasteiger partial charge in [0.15, 0.2) is 5.82 Å². The number of hydrogen-bond acceptors (Lipinski definition) is 2. The molecule has 9 aromatic carbocycles. The van der Waals surface area contributed by atoms with E-state index in [1.807, 2.05) is 6.07 Å². The molecule has 0 amide bonds. The van der Waals surface area contributed by atoms with E-state index in [0.29, 0.717) is 5.82 Å². The molecular weight excluding hydrogens is 765 g/mol. The van der Waals surface area contributed by atoms with Crippen LogP contribution >= 0.6 is 0 Å². The third-order valence-corrected chi connectivity index (χ3v) is 13.5. The van der Waals surface area contributed by atoms with Crippen LogP contribution in [0.5, 0.6) is 0 Å². The largest absolute Gasteiger partial charge is 0.309 e. The molecule has 13 rings (SSSR count). The molecule has 0 radical (unpaired) electrons. The predicted octanol–water partition coefficient (Wildman–Crippen LogP) is 15.1. The van der Waals surface area contributed by atoms with Gasteiger partial charge in [0.1, 0.15) is 0 Å². The summed E-state index contributed by atoms with van der Waals surface area (Å²) in [6, 6.07) is 74.4. The molecule has 0 bridgehead atoms. The first-order valence-electron chi connectivity index (χ1n) is 21.8. The van der Waals surface area contributed by atoms with Crippen LogP contribution in [0.15, 0.2) is 206 Å². The van der Waals surface area contributed by atoms with E-state index in [1.54, 1.807) is 0 Å². The molecule has 63 heavy (non-hydrogen) atoms. The topological polar surface area (TPSA) is 35.6 Å². The highest BCUT2D eigenvalue weighted by atomic mass is 15.0. The van der Waals surface area contributed by atoms with Crippen LogP contribution < -0.4 is 0 Å². The number of aromatic nitrogens is 4. The van der Waals surface area contributed by atoms with Crippen LogP contribution in [0.4, 0.5) is 0 Å². The zero-order chi connectivity index (χ0) is 41.8. The van der Waals surface area contributed by atoms with Gasteiger partial charge in [-0.15, -0.1) is 0 Å². The number of hydrogen-bond donors (Lipinski definition) is 0. The smallest absolute Gasteiger partial charge is 0.160 e. The van der Waals surface area contributed by atoms with Crippen molar-refractivity contribution in [2.24, 2.45) is 0 Å². The van der Waals surface area contributed by atoms with Crippen molar-refractivity contribution in [2.45, 2.75) is 19.3 Å². The van der Waals surface area contributed by atoms with Crippen molar-refractivity contribution in [1.29, 1.82) is 0 Å². The number of fused-ring (bicyclic) bond motifs is 13. The van der Waals surface area contributed by atoms with Crippen molar-refractivity contribution in [3.05, 3.63) is 217 Å². The fourth-order valence-corrected chi connectivity index (χ4v) is 10.7. The maximum Gasteiger partial charge on any atom is 0.160 e. The average Bonchev–Trinajstić information content (AvgIpc) is 3.95. The maximum absolute atomic E-state index is 5.38. The van der Waals surface area contributed by atoms with Gasteiger partial charge < -0.3 is 9.13 Å². The van der Waals surface area contributed by atoms with Crippen LogP contribution in [-0.2, 0) is 5.41 Å². The Morgan fingerprint density at radius 3 is 1.68 bits per heavy atom. The summed E-state index contributed by atoms with van der Waals surface area (Å²) in [7, 11) is 0. The van der Waals surface area contributed by atoms with Gasteiger partial charge in [-0.2, -0.15) is 0 Å². The molecule has 0 atom stereocenters. The first-order chi connectivity index (χ1) is 31.0. The summed E-state index contributed by atoms with van der Waals surface area (Å²) in [5.74, 6) is 0.711. The molecule has 0 unspecified atom stereocenters. The number of benzene rings is 9. The van der Waals surface area contributed by atoms with Crippen LogP contribution in [0.2, 0.25) is 0 Å². The summed E-state index contributed by atoms with van der Waals surface area (Å²) in [5.41, 5.74) is 18.3. The van der Waals surface area contributed by atoms with Crippen molar-refractivity contribution in [2.75, 3.05) is 0 Å². The van der Waals surface area contributed by atoms with Crippen LogP contribution in [-0.4, -0.2) is 19.1 Å². The van der Waals surface area contributed by atoms with Gasteiger partial charge in [0, 0.05) is 60.4 Å². The highest BCUT2D eigenvalue weighted by Crippen LogP contribution is 2.58. The van der Waals surface area contributed by atoms with E-state index >= 15 is 0 Å². The minimum absolute atomic E-state index is 0.268. The van der Waals surface area contributed by atoms with E-state index in [9.17, 15) is 0 Å².